The van der Waals surface area contributed by atoms with E-state index in [2.05, 4.69) is 110 Å². The van der Waals surface area contributed by atoms with Gasteiger partial charge in [-0.25, -0.2) is 0 Å². The fraction of sp³-hybridized carbons (Fsp3) is 0.316. The first-order chi connectivity index (χ1) is 19.8. The number of fused-ring (bicyclic) bond motifs is 2. The summed E-state index contributed by atoms with van der Waals surface area (Å²) >= 11 is 3.70. The molecule has 0 amide bonds. The summed E-state index contributed by atoms with van der Waals surface area (Å²) in [5.74, 6) is 0. The molecule has 40 heavy (non-hydrogen) atoms. The number of rotatable bonds is 14. The number of thiophene rings is 2. The van der Waals surface area contributed by atoms with Gasteiger partial charge in [0.15, 0.2) is 0 Å². The first-order valence-electron chi connectivity index (χ1n) is 15.2. The second kappa shape index (κ2) is 14.6. The quantitative estimate of drug-likeness (QED) is 0.0932. The van der Waals surface area contributed by atoms with Gasteiger partial charge in [-0.1, -0.05) is 125 Å². The zero-order valence-corrected chi connectivity index (χ0v) is 25.8. The van der Waals surface area contributed by atoms with E-state index in [1.807, 2.05) is 22.7 Å². The number of aryl methyl sites for hydroxylation is 2. The van der Waals surface area contributed by atoms with E-state index in [1.54, 1.807) is 0 Å². The monoisotopic (exact) mass is 562 g/mol. The highest BCUT2D eigenvalue weighted by molar-refractivity contribution is 7.19. The summed E-state index contributed by atoms with van der Waals surface area (Å²) in [4.78, 5) is 0. The summed E-state index contributed by atoms with van der Waals surface area (Å²) < 4.78 is 2.74. The van der Waals surface area contributed by atoms with Crippen LogP contribution in [0.5, 0.6) is 0 Å². The molecule has 0 N–H and O–H groups in total. The van der Waals surface area contributed by atoms with Gasteiger partial charge >= 0.3 is 0 Å². The van der Waals surface area contributed by atoms with Crippen molar-refractivity contribution in [2.24, 2.45) is 0 Å². The molecule has 0 spiro atoms. The van der Waals surface area contributed by atoms with Crippen LogP contribution in [-0.4, -0.2) is 0 Å². The van der Waals surface area contributed by atoms with E-state index in [-0.39, 0.29) is 0 Å². The highest BCUT2D eigenvalue weighted by Gasteiger charge is 2.13. The van der Waals surface area contributed by atoms with Crippen LogP contribution in [0.2, 0.25) is 0 Å². The summed E-state index contributed by atoms with van der Waals surface area (Å²) in [5.41, 5.74) is 8.12. The average Bonchev–Trinajstić information content (AvgIpc) is 3.67. The molecule has 0 fully saturated rings. The van der Waals surface area contributed by atoms with Gasteiger partial charge in [-0.15, -0.1) is 22.7 Å². The van der Waals surface area contributed by atoms with E-state index in [1.165, 1.54) is 118 Å². The van der Waals surface area contributed by atoms with Crippen molar-refractivity contribution in [1.82, 2.24) is 0 Å². The molecule has 2 heteroatoms. The lowest BCUT2D eigenvalue weighted by atomic mass is 9.99. The normalized spacial score (nSPS) is 12.1. The maximum absolute atomic E-state index is 2.33. The van der Waals surface area contributed by atoms with Gasteiger partial charge in [-0.05, 0) is 70.8 Å². The van der Waals surface area contributed by atoms with Gasteiger partial charge in [0, 0.05) is 31.3 Å². The Morgan fingerprint density at radius 2 is 0.900 bits per heavy atom. The Bertz CT molecular complexity index is 1380. The van der Waals surface area contributed by atoms with E-state index in [9.17, 15) is 0 Å². The maximum atomic E-state index is 2.33. The first-order valence-corrected chi connectivity index (χ1v) is 17.0. The largest absolute Gasteiger partial charge is 0.143 e. The van der Waals surface area contributed by atoms with Crippen molar-refractivity contribution < 1.29 is 0 Å². The second-order valence-corrected chi connectivity index (χ2v) is 12.8. The third kappa shape index (κ3) is 7.22. The lowest BCUT2D eigenvalue weighted by Gasteiger charge is -2.07. The van der Waals surface area contributed by atoms with Crippen LogP contribution in [0.15, 0.2) is 71.4 Å². The van der Waals surface area contributed by atoms with Crippen molar-refractivity contribution in [2.45, 2.75) is 78.1 Å². The minimum Gasteiger partial charge on any atom is -0.143 e. The van der Waals surface area contributed by atoms with Crippen LogP contribution in [0.3, 0.4) is 0 Å². The zero-order chi connectivity index (χ0) is 27.6. The van der Waals surface area contributed by atoms with Crippen LogP contribution in [0, 0.1) is 0 Å². The Balaban J connectivity index is 1.35. The van der Waals surface area contributed by atoms with Gasteiger partial charge in [0.25, 0.3) is 0 Å². The molecular weight excluding hydrogens is 521 g/mol. The molecule has 0 aliphatic carbocycles. The number of unbranched alkanes of at least 4 members (excludes halogenated alkanes) is 6. The summed E-state index contributed by atoms with van der Waals surface area (Å²) in [6.07, 6.45) is 22.1. The van der Waals surface area contributed by atoms with Gasteiger partial charge in [-0.2, -0.15) is 0 Å². The van der Waals surface area contributed by atoms with E-state index in [0.717, 1.165) is 0 Å². The SMILES string of the molecule is CCCCCCc1ccc(/C=C/c2c3ccsc3c(/C=C/c3ccc(CCCCCC)cc3)c3ccsc23)cc1. The van der Waals surface area contributed by atoms with E-state index in [4.69, 9.17) is 0 Å². The van der Waals surface area contributed by atoms with Crippen molar-refractivity contribution >= 4 is 67.1 Å². The average molecular weight is 563 g/mol. The predicted molar refractivity (Wildman–Crippen MR) is 184 cm³/mol. The molecule has 0 saturated carbocycles. The first kappa shape index (κ1) is 28.6. The fourth-order valence-electron chi connectivity index (χ4n) is 5.50. The molecule has 5 rings (SSSR count). The molecule has 0 aliphatic heterocycles. The highest BCUT2D eigenvalue weighted by atomic mass is 32.1. The summed E-state index contributed by atoms with van der Waals surface area (Å²) in [7, 11) is 0. The van der Waals surface area contributed by atoms with Crippen LogP contribution < -0.4 is 0 Å². The van der Waals surface area contributed by atoms with Crippen LogP contribution in [-0.2, 0) is 12.8 Å². The van der Waals surface area contributed by atoms with Crippen molar-refractivity contribution in [3.05, 3.63) is 105 Å². The highest BCUT2D eigenvalue weighted by Crippen LogP contribution is 2.40. The standard InChI is InChI=1S/C38H42S2/c1-3-5-7-9-11-29-13-17-31(18-14-29)21-23-33-35-25-27-40-38(35)34(36-26-28-39-37(33)36)24-22-32-19-15-30(16-20-32)12-10-8-6-4-2/h13-28H,3-12H2,1-2H3/b23-21+,24-22+. The molecular formula is C38H42S2. The van der Waals surface area contributed by atoms with Crippen molar-refractivity contribution in [3.63, 3.8) is 0 Å². The molecule has 0 atom stereocenters. The second-order valence-electron chi connectivity index (χ2n) is 10.9. The van der Waals surface area contributed by atoms with Gasteiger partial charge in [0.05, 0.1) is 0 Å². The molecule has 3 aromatic carbocycles. The molecule has 0 saturated heterocycles. The Labute approximate surface area is 249 Å². The Morgan fingerprint density at radius 1 is 0.475 bits per heavy atom. The maximum Gasteiger partial charge on any atom is 0.0428 e. The van der Waals surface area contributed by atoms with E-state index < -0.39 is 0 Å². The lowest BCUT2D eigenvalue weighted by molar-refractivity contribution is 0.667. The molecule has 5 aromatic rings. The lowest BCUT2D eigenvalue weighted by Crippen LogP contribution is -1.86. The van der Waals surface area contributed by atoms with Gasteiger partial charge in [0.2, 0.25) is 0 Å². The fourth-order valence-corrected chi connectivity index (χ4v) is 7.40. The number of benzene rings is 3. The Hall–Kier alpha value is -2.94. The third-order valence-corrected chi connectivity index (χ3v) is 9.78. The van der Waals surface area contributed by atoms with E-state index >= 15 is 0 Å². The van der Waals surface area contributed by atoms with Gasteiger partial charge in [0.1, 0.15) is 0 Å². The number of hydrogen-bond donors (Lipinski definition) is 0. The summed E-state index contributed by atoms with van der Waals surface area (Å²) in [6.45, 7) is 4.55. The Kier molecular flexibility index (Phi) is 10.4. The van der Waals surface area contributed by atoms with Crippen LogP contribution in [0.25, 0.3) is 44.5 Å². The predicted octanol–water partition coefficient (Wildman–Crippen LogP) is 12.7. The number of hydrogen-bond acceptors (Lipinski definition) is 2. The molecule has 0 aliphatic rings. The topological polar surface area (TPSA) is 0 Å². The smallest absolute Gasteiger partial charge is 0.0428 e. The minimum atomic E-state index is 1.19. The molecule has 0 unspecified atom stereocenters. The molecule has 0 bridgehead atoms. The molecule has 2 aromatic heterocycles. The zero-order valence-electron chi connectivity index (χ0n) is 24.1. The molecule has 206 valence electrons. The summed E-state index contributed by atoms with van der Waals surface area (Å²) in [6, 6.07) is 22.9. The summed E-state index contributed by atoms with van der Waals surface area (Å²) in [5, 5.41) is 7.18. The van der Waals surface area contributed by atoms with Crippen molar-refractivity contribution in [3.8, 4) is 0 Å². The van der Waals surface area contributed by atoms with Crippen LogP contribution in [0.1, 0.15) is 98.6 Å². The van der Waals surface area contributed by atoms with Gasteiger partial charge in [-0.3, -0.25) is 0 Å². The third-order valence-electron chi connectivity index (χ3n) is 7.88. The van der Waals surface area contributed by atoms with Crippen LogP contribution >= 0.6 is 22.7 Å². The van der Waals surface area contributed by atoms with Crippen LogP contribution in [0.4, 0.5) is 0 Å². The van der Waals surface area contributed by atoms with E-state index in [0.29, 0.717) is 0 Å². The molecule has 2 heterocycles. The Morgan fingerprint density at radius 3 is 1.30 bits per heavy atom. The molecule has 0 radical (unpaired) electrons. The molecule has 0 nitrogen and oxygen atoms in total. The minimum absolute atomic E-state index is 1.19. The van der Waals surface area contributed by atoms with Gasteiger partial charge < -0.3 is 0 Å². The van der Waals surface area contributed by atoms with Crippen molar-refractivity contribution in [1.29, 1.82) is 0 Å². The van der Waals surface area contributed by atoms with Crippen molar-refractivity contribution in [2.75, 3.05) is 0 Å².